The zero-order valence-electron chi connectivity index (χ0n) is 28.2. The molecule has 4 fully saturated rings. The maximum atomic E-state index is 14.7. The van der Waals surface area contributed by atoms with Gasteiger partial charge in [0.2, 0.25) is 0 Å². The van der Waals surface area contributed by atoms with E-state index in [0.717, 1.165) is 11.8 Å². The number of Topliss-reactive ketones (excluding diaryl/α,β-unsaturated/α-hetero) is 1. The number of benzene rings is 2. The number of nitrogens with zero attached hydrogens (tertiary/aromatic N) is 3. The summed E-state index contributed by atoms with van der Waals surface area (Å²) in [4.78, 5) is 47.4. The second kappa shape index (κ2) is 13.1. The molecule has 3 amide bonds. The lowest BCUT2D eigenvalue weighted by atomic mass is 9.61. The first-order valence-electron chi connectivity index (χ1n) is 17.1. The van der Waals surface area contributed by atoms with Crippen molar-refractivity contribution < 1.29 is 36.0 Å². The van der Waals surface area contributed by atoms with Gasteiger partial charge in [-0.2, -0.15) is 13.2 Å². The molecule has 1 saturated carbocycles. The fourth-order valence-electron chi connectivity index (χ4n) is 8.43. The normalized spacial score (nSPS) is 24.9. The predicted octanol–water partition coefficient (Wildman–Crippen LogP) is 5.02. The Morgan fingerprint density at radius 2 is 1.59 bits per heavy atom. The van der Waals surface area contributed by atoms with Crippen LogP contribution in [0.25, 0.3) is 0 Å². The summed E-state index contributed by atoms with van der Waals surface area (Å²) in [6.45, 7) is 5.50. The van der Waals surface area contributed by atoms with Crippen LogP contribution in [-0.2, 0) is 26.0 Å². The SMILES string of the molecule is CC(C)CN1C(=O)N(Cc2ccc(S(C)(=O)=O)cc2)C(=O)C12CCN(C(C(=O)C1(C(F)(F)F)CCC1)[C@@H]1CNC[C@@H]1c1ccccc1)CC2. The summed E-state index contributed by atoms with van der Waals surface area (Å²) in [7, 11) is -3.42. The van der Waals surface area contributed by atoms with Crippen LogP contribution in [0.5, 0.6) is 0 Å². The first-order chi connectivity index (χ1) is 23.1. The summed E-state index contributed by atoms with van der Waals surface area (Å²) in [5, 5.41) is 3.35. The van der Waals surface area contributed by atoms with Crippen LogP contribution in [0.15, 0.2) is 59.5 Å². The highest BCUT2D eigenvalue weighted by Crippen LogP contribution is 2.56. The standard InChI is InChI=1S/C36H45F3N4O5S/c1-24(2)22-43-33(46)42(23-25-10-12-27(13-11-25)49(3,47)48)32(45)35(43)16-18-41(19-17-35)30(31(44)34(14-7-15-34)36(37,38)39)29-21-40-20-28(29)26-8-5-4-6-9-26/h4-6,8-13,24,28-30,40H,7,14-23H2,1-3H3/t28-,29-,30?/m1/s1. The van der Waals surface area contributed by atoms with Gasteiger partial charge in [-0.15, -0.1) is 0 Å². The summed E-state index contributed by atoms with van der Waals surface area (Å²) in [5.41, 5.74) is -2.00. The van der Waals surface area contributed by atoms with E-state index in [-0.39, 0.29) is 68.0 Å². The number of urea groups is 1. The quantitative estimate of drug-likeness (QED) is 0.347. The van der Waals surface area contributed by atoms with Crippen molar-refractivity contribution in [3.8, 4) is 0 Å². The van der Waals surface area contributed by atoms with E-state index >= 15 is 0 Å². The van der Waals surface area contributed by atoms with E-state index in [2.05, 4.69) is 5.32 Å². The van der Waals surface area contributed by atoms with Crippen molar-refractivity contribution in [3.05, 3.63) is 65.7 Å². The van der Waals surface area contributed by atoms with Crippen molar-refractivity contribution in [2.24, 2.45) is 17.3 Å². The number of rotatable bonds is 10. The van der Waals surface area contributed by atoms with Gasteiger partial charge >= 0.3 is 12.2 Å². The fourth-order valence-corrected chi connectivity index (χ4v) is 9.06. The number of hydrogen-bond donors (Lipinski definition) is 1. The van der Waals surface area contributed by atoms with Crippen LogP contribution in [0.4, 0.5) is 18.0 Å². The maximum Gasteiger partial charge on any atom is 0.401 e. The molecule has 13 heteroatoms. The van der Waals surface area contributed by atoms with E-state index in [1.807, 2.05) is 49.1 Å². The van der Waals surface area contributed by atoms with Gasteiger partial charge in [-0.1, -0.05) is 62.7 Å². The minimum atomic E-state index is -4.66. The number of halogens is 3. The molecule has 266 valence electrons. The van der Waals surface area contributed by atoms with Crippen LogP contribution in [0.1, 0.15) is 63.0 Å². The molecule has 1 spiro atoms. The number of ketones is 1. The molecule has 0 radical (unpaired) electrons. The van der Waals surface area contributed by atoms with Crippen molar-refractivity contribution in [3.63, 3.8) is 0 Å². The van der Waals surface area contributed by atoms with Crippen molar-refractivity contribution in [1.29, 1.82) is 0 Å². The second-order valence-corrected chi connectivity index (χ2v) is 16.8. The number of imide groups is 1. The predicted molar refractivity (Wildman–Crippen MR) is 177 cm³/mol. The van der Waals surface area contributed by atoms with E-state index < -0.39 is 50.7 Å². The van der Waals surface area contributed by atoms with Crippen molar-refractivity contribution in [2.45, 2.75) is 81.1 Å². The smallest absolute Gasteiger partial charge is 0.316 e. The fraction of sp³-hybridized carbons (Fsp3) is 0.583. The van der Waals surface area contributed by atoms with Crippen LogP contribution >= 0.6 is 0 Å². The highest BCUT2D eigenvalue weighted by Gasteiger charge is 2.66. The molecule has 0 bridgehead atoms. The lowest BCUT2D eigenvalue weighted by Gasteiger charge is -2.50. The summed E-state index contributed by atoms with van der Waals surface area (Å²) in [6.07, 6.45) is -3.26. The third-order valence-electron chi connectivity index (χ3n) is 11.3. The molecule has 1 unspecified atom stereocenters. The Morgan fingerprint density at radius 3 is 2.12 bits per heavy atom. The van der Waals surface area contributed by atoms with Gasteiger partial charge in [0.1, 0.15) is 11.0 Å². The number of hydrogen-bond acceptors (Lipinski definition) is 7. The lowest BCUT2D eigenvalue weighted by molar-refractivity contribution is -0.245. The molecule has 2 aromatic rings. The van der Waals surface area contributed by atoms with Crippen LogP contribution in [0, 0.1) is 17.3 Å². The van der Waals surface area contributed by atoms with Crippen molar-refractivity contribution in [2.75, 3.05) is 39.0 Å². The summed E-state index contributed by atoms with van der Waals surface area (Å²) in [5.74, 6) is -1.67. The maximum absolute atomic E-state index is 14.7. The average Bonchev–Trinajstić information content (AvgIpc) is 3.56. The number of likely N-dealkylation sites (tertiary alicyclic amines) is 1. The van der Waals surface area contributed by atoms with Gasteiger partial charge in [0.15, 0.2) is 15.6 Å². The number of nitrogens with one attached hydrogen (secondary N) is 1. The Morgan fingerprint density at radius 1 is 0.959 bits per heavy atom. The molecule has 3 heterocycles. The van der Waals surface area contributed by atoms with E-state index in [4.69, 9.17) is 0 Å². The Balaban J connectivity index is 1.29. The minimum absolute atomic E-state index is 0.0382. The molecule has 0 aromatic heterocycles. The van der Waals surface area contributed by atoms with E-state index in [1.165, 1.54) is 17.0 Å². The van der Waals surface area contributed by atoms with E-state index in [0.29, 0.717) is 31.6 Å². The molecule has 3 aliphatic heterocycles. The molecule has 49 heavy (non-hydrogen) atoms. The summed E-state index contributed by atoms with van der Waals surface area (Å²) in [6, 6.07) is 14.2. The number of alkyl halides is 3. The monoisotopic (exact) mass is 702 g/mol. The van der Waals surface area contributed by atoms with Crippen molar-refractivity contribution in [1.82, 2.24) is 20.0 Å². The van der Waals surface area contributed by atoms with Crippen LogP contribution in [0.2, 0.25) is 0 Å². The number of carbonyl (C=O) groups is 3. The topological polar surface area (TPSA) is 107 Å². The molecule has 3 atom stereocenters. The number of sulfone groups is 1. The molecular formula is C36H45F3N4O5S. The molecular weight excluding hydrogens is 657 g/mol. The van der Waals surface area contributed by atoms with Gasteiger partial charge in [0, 0.05) is 50.8 Å². The molecule has 3 saturated heterocycles. The minimum Gasteiger partial charge on any atom is -0.316 e. The molecule has 9 nitrogen and oxygen atoms in total. The van der Waals surface area contributed by atoms with Gasteiger partial charge < -0.3 is 10.2 Å². The number of piperidine rings is 1. The average molecular weight is 703 g/mol. The summed E-state index contributed by atoms with van der Waals surface area (Å²) >= 11 is 0. The highest BCUT2D eigenvalue weighted by atomic mass is 32.2. The van der Waals surface area contributed by atoms with Gasteiger partial charge in [-0.05, 0) is 54.9 Å². The zero-order chi connectivity index (χ0) is 35.4. The first kappa shape index (κ1) is 35.5. The summed E-state index contributed by atoms with van der Waals surface area (Å²) < 4.78 is 67.9. The van der Waals surface area contributed by atoms with Crippen LogP contribution in [-0.4, -0.2) is 97.6 Å². The van der Waals surface area contributed by atoms with Crippen LogP contribution < -0.4 is 5.32 Å². The third kappa shape index (κ3) is 6.31. The number of amides is 3. The van der Waals surface area contributed by atoms with Crippen LogP contribution in [0.3, 0.4) is 0 Å². The Kier molecular flexibility index (Phi) is 9.51. The largest absolute Gasteiger partial charge is 0.401 e. The van der Waals surface area contributed by atoms with E-state index in [1.54, 1.807) is 17.0 Å². The van der Waals surface area contributed by atoms with Gasteiger partial charge in [0.05, 0.1) is 17.5 Å². The molecule has 2 aromatic carbocycles. The van der Waals surface area contributed by atoms with Crippen molar-refractivity contribution >= 4 is 27.6 Å². The van der Waals surface area contributed by atoms with Gasteiger partial charge in [-0.25, -0.2) is 13.2 Å². The zero-order valence-corrected chi connectivity index (χ0v) is 29.0. The highest BCUT2D eigenvalue weighted by molar-refractivity contribution is 7.90. The lowest BCUT2D eigenvalue weighted by Crippen LogP contribution is -2.64. The molecule has 6 rings (SSSR count). The molecule has 1 aliphatic carbocycles. The third-order valence-corrected chi connectivity index (χ3v) is 12.4. The Bertz CT molecular complexity index is 1670. The Labute approximate surface area is 286 Å². The number of carbonyl (C=O) groups excluding carboxylic acids is 3. The molecule has 4 aliphatic rings. The van der Waals surface area contributed by atoms with Gasteiger partial charge in [0.25, 0.3) is 5.91 Å². The second-order valence-electron chi connectivity index (χ2n) is 14.7. The Hall–Kier alpha value is -3.29. The van der Waals surface area contributed by atoms with Gasteiger partial charge in [-0.3, -0.25) is 19.4 Å². The van der Waals surface area contributed by atoms with E-state index in [9.17, 15) is 36.0 Å². The first-order valence-corrected chi connectivity index (χ1v) is 19.0. The molecule has 1 N–H and O–H groups in total.